The molecule has 0 radical (unpaired) electrons. The van der Waals surface area contributed by atoms with E-state index in [-0.39, 0.29) is 11.8 Å². The van der Waals surface area contributed by atoms with Crippen molar-refractivity contribution in [2.45, 2.75) is 26.2 Å². The Labute approximate surface area is 191 Å². The Hall–Kier alpha value is -2.68. The monoisotopic (exact) mass is 458 g/mol. The van der Waals surface area contributed by atoms with E-state index < -0.39 is 0 Å². The molecule has 170 valence electrons. The fourth-order valence-electron chi connectivity index (χ4n) is 4.04. The van der Waals surface area contributed by atoms with Crippen LogP contribution in [-0.2, 0) is 11.2 Å². The first-order chi connectivity index (χ1) is 15.5. The van der Waals surface area contributed by atoms with Crippen LogP contribution >= 0.6 is 11.6 Å². The molecule has 0 saturated carbocycles. The van der Waals surface area contributed by atoms with E-state index in [9.17, 15) is 9.59 Å². The molecule has 1 aromatic heterocycles. The molecule has 0 bridgehead atoms. The number of benzene rings is 1. The lowest BCUT2D eigenvalue weighted by molar-refractivity contribution is 0.0382. The minimum Gasteiger partial charge on any atom is -0.455 e. The van der Waals surface area contributed by atoms with Gasteiger partial charge in [-0.2, -0.15) is 5.10 Å². The number of nitrogens with zero attached hydrogens (tertiary/aromatic N) is 2. The average molecular weight is 459 g/mol. The third kappa shape index (κ3) is 5.20. The summed E-state index contributed by atoms with van der Waals surface area (Å²) in [6, 6.07) is 6.69. The smallest absolute Gasteiger partial charge is 0.287 e. The number of hydrogen-bond donors (Lipinski definition) is 2. The van der Waals surface area contributed by atoms with Crippen molar-refractivity contribution in [3.63, 3.8) is 0 Å². The van der Waals surface area contributed by atoms with E-state index in [1.807, 2.05) is 6.92 Å². The second-order valence-electron chi connectivity index (χ2n) is 7.93. The molecular weight excluding hydrogens is 432 g/mol. The lowest BCUT2D eigenvalue weighted by Gasteiger charge is -2.26. The summed E-state index contributed by atoms with van der Waals surface area (Å²) < 4.78 is 11.3. The molecule has 0 atom stereocenters. The number of halogens is 1. The number of nitrogens with one attached hydrogen (secondary N) is 2. The summed E-state index contributed by atoms with van der Waals surface area (Å²) >= 11 is 5.96. The van der Waals surface area contributed by atoms with Gasteiger partial charge < -0.3 is 14.5 Å². The molecule has 8 nitrogen and oxygen atoms in total. The van der Waals surface area contributed by atoms with Crippen LogP contribution in [-0.4, -0.2) is 61.8 Å². The summed E-state index contributed by atoms with van der Waals surface area (Å²) in [5.74, 6) is 0.484. The van der Waals surface area contributed by atoms with Crippen LogP contribution in [0, 0.1) is 6.92 Å². The van der Waals surface area contributed by atoms with Gasteiger partial charge in [0.15, 0.2) is 5.76 Å². The maximum absolute atomic E-state index is 12.7. The highest BCUT2D eigenvalue weighted by Crippen LogP contribution is 2.29. The zero-order valence-corrected chi connectivity index (χ0v) is 18.8. The third-order valence-corrected chi connectivity index (χ3v) is 5.96. The van der Waals surface area contributed by atoms with Crippen LogP contribution in [0.3, 0.4) is 0 Å². The fraction of sp³-hybridized carbons (Fsp3) is 0.435. The van der Waals surface area contributed by atoms with Gasteiger partial charge in [0.25, 0.3) is 11.8 Å². The number of morpholine rings is 1. The topological polar surface area (TPSA) is 96.2 Å². The normalized spacial score (nSPS) is 17.8. The Balaban J connectivity index is 1.43. The minimum absolute atomic E-state index is 0.229. The minimum atomic E-state index is -0.339. The summed E-state index contributed by atoms with van der Waals surface area (Å²) in [5.41, 5.74) is 5.33. The van der Waals surface area contributed by atoms with E-state index in [0.717, 1.165) is 68.3 Å². The molecule has 2 N–H and O–H groups in total. The summed E-state index contributed by atoms with van der Waals surface area (Å²) in [5, 5.41) is 7.79. The molecule has 2 amide bonds. The van der Waals surface area contributed by atoms with Gasteiger partial charge in [-0.3, -0.25) is 14.5 Å². The Morgan fingerprint density at radius 1 is 1.19 bits per heavy atom. The van der Waals surface area contributed by atoms with Crippen LogP contribution in [0.5, 0.6) is 0 Å². The van der Waals surface area contributed by atoms with Crippen molar-refractivity contribution in [3.05, 3.63) is 57.5 Å². The van der Waals surface area contributed by atoms with Crippen molar-refractivity contribution in [3.8, 4) is 0 Å². The van der Waals surface area contributed by atoms with Crippen molar-refractivity contribution in [2.24, 2.45) is 5.10 Å². The standard InChI is InChI=1S/C23H27ClN4O4/c1-15-20-18(26-27-22(29)16-4-2-5-17(24)14-16)6-3-7-19(20)32-21(15)23(30)25-8-9-28-10-12-31-13-11-28/h2,4-5,14H,3,6-13H2,1H3,(H,25,30)(H,27,29)/b26-18+. The quantitative estimate of drug-likeness (QED) is 0.649. The fourth-order valence-corrected chi connectivity index (χ4v) is 4.23. The molecular formula is C23H27ClN4O4. The molecule has 1 aromatic carbocycles. The van der Waals surface area contributed by atoms with E-state index in [0.29, 0.717) is 29.3 Å². The lowest BCUT2D eigenvalue weighted by atomic mass is 9.93. The van der Waals surface area contributed by atoms with Gasteiger partial charge in [0, 0.05) is 54.3 Å². The molecule has 1 aliphatic heterocycles. The molecule has 2 heterocycles. The summed E-state index contributed by atoms with van der Waals surface area (Å²) in [7, 11) is 0. The van der Waals surface area contributed by atoms with Crippen molar-refractivity contribution in [1.82, 2.24) is 15.6 Å². The van der Waals surface area contributed by atoms with Gasteiger partial charge in [-0.15, -0.1) is 0 Å². The lowest BCUT2D eigenvalue weighted by Crippen LogP contribution is -2.41. The second kappa shape index (κ2) is 10.3. The maximum atomic E-state index is 12.7. The summed E-state index contributed by atoms with van der Waals surface area (Å²) in [6.07, 6.45) is 2.27. The van der Waals surface area contributed by atoms with E-state index >= 15 is 0 Å². The predicted molar refractivity (Wildman–Crippen MR) is 121 cm³/mol. The van der Waals surface area contributed by atoms with Crippen LogP contribution in [0.2, 0.25) is 5.02 Å². The van der Waals surface area contributed by atoms with Crippen molar-refractivity contribution >= 4 is 29.1 Å². The van der Waals surface area contributed by atoms with Gasteiger partial charge in [0.1, 0.15) is 5.76 Å². The number of carbonyl (C=O) groups is 2. The summed E-state index contributed by atoms with van der Waals surface area (Å²) in [4.78, 5) is 27.4. The van der Waals surface area contributed by atoms with Crippen molar-refractivity contribution < 1.29 is 18.7 Å². The Bertz CT molecular complexity index is 1030. The summed E-state index contributed by atoms with van der Waals surface area (Å²) in [6.45, 7) is 6.40. The molecule has 1 fully saturated rings. The molecule has 9 heteroatoms. The number of furan rings is 1. The van der Waals surface area contributed by atoms with Gasteiger partial charge >= 0.3 is 0 Å². The van der Waals surface area contributed by atoms with Crippen molar-refractivity contribution in [2.75, 3.05) is 39.4 Å². The van der Waals surface area contributed by atoms with E-state index in [1.165, 1.54) is 0 Å². The highest BCUT2D eigenvalue weighted by Gasteiger charge is 2.28. The van der Waals surface area contributed by atoms with Gasteiger partial charge in [-0.1, -0.05) is 17.7 Å². The molecule has 4 rings (SSSR count). The average Bonchev–Trinajstić information content (AvgIpc) is 3.15. The van der Waals surface area contributed by atoms with Crippen LogP contribution in [0.1, 0.15) is 50.6 Å². The van der Waals surface area contributed by atoms with Crippen LogP contribution < -0.4 is 10.7 Å². The molecule has 2 aromatic rings. The number of fused-ring (bicyclic) bond motifs is 1. The highest BCUT2D eigenvalue weighted by molar-refractivity contribution is 6.31. The molecule has 1 saturated heterocycles. The molecule has 2 aliphatic rings. The van der Waals surface area contributed by atoms with Crippen LogP contribution in [0.25, 0.3) is 0 Å². The van der Waals surface area contributed by atoms with E-state index in [1.54, 1.807) is 24.3 Å². The Kier molecular flexibility index (Phi) is 7.24. The molecule has 1 aliphatic carbocycles. The first-order valence-electron chi connectivity index (χ1n) is 10.9. The molecule has 0 spiro atoms. The Morgan fingerprint density at radius 3 is 2.78 bits per heavy atom. The molecule has 32 heavy (non-hydrogen) atoms. The van der Waals surface area contributed by atoms with E-state index in [2.05, 4.69) is 20.7 Å². The second-order valence-corrected chi connectivity index (χ2v) is 8.36. The number of rotatable bonds is 6. The van der Waals surface area contributed by atoms with Gasteiger partial charge in [0.05, 0.1) is 18.9 Å². The van der Waals surface area contributed by atoms with Gasteiger partial charge in [0.2, 0.25) is 0 Å². The predicted octanol–water partition coefficient (Wildman–Crippen LogP) is 2.77. The maximum Gasteiger partial charge on any atom is 0.287 e. The number of hydrazone groups is 1. The zero-order chi connectivity index (χ0) is 22.5. The number of carbonyl (C=O) groups excluding carboxylic acids is 2. The number of amides is 2. The van der Waals surface area contributed by atoms with Crippen LogP contribution in [0.4, 0.5) is 0 Å². The zero-order valence-electron chi connectivity index (χ0n) is 18.1. The first kappa shape index (κ1) is 22.5. The van der Waals surface area contributed by atoms with Crippen LogP contribution in [0.15, 0.2) is 33.8 Å². The van der Waals surface area contributed by atoms with Gasteiger partial charge in [-0.25, -0.2) is 5.43 Å². The van der Waals surface area contributed by atoms with Crippen molar-refractivity contribution in [1.29, 1.82) is 0 Å². The Morgan fingerprint density at radius 2 is 2.00 bits per heavy atom. The number of aryl methyl sites for hydroxylation is 1. The third-order valence-electron chi connectivity index (χ3n) is 5.73. The first-order valence-corrected chi connectivity index (χ1v) is 11.2. The highest BCUT2D eigenvalue weighted by atomic mass is 35.5. The molecule has 0 unspecified atom stereocenters. The van der Waals surface area contributed by atoms with E-state index in [4.69, 9.17) is 20.8 Å². The SMILES string of the molecule is Cc1c(C(=O)NCCN2CCOCC2)oc2c1/C(=N/NC(=O)c1cccc(Cl)c1)CCC2. The number of hydrogen-bond acceptors (Lipinski definition) is 6. The van der Waals surface area contributed by atoms with Gasteiger partial charge in [-0.05, 0) is 38.0 Å². The number of ether oxygens (including phenoxy) is 1. The largest absolute Gasteiger partial charge is 0.455 e.